The van der Waals surface area contributed by atoms with Crippen LogP contribution in [0.3, 0.4) is 0 Å². The van der Waals surface area contributed by atoms with Crippen LogP contribution in [-0.2, 0) is 10.0 Å². The van der Waals surface area contributed by atoms with Gasteiger partial charge in [-0.2, -0.15) is 0 Å². The molecule has 0 aliphatic heterocycles. The molecule has 0 heterocycles. The Labute approximate surface area is 115 Å². The molecule has 4 nitrogen and oxygen atoms in total. The Morgan fingerprint density at radius 2 is 1.74 bits per heavy atom. The molecule has 0 bridgehead atoms. The maximum Gasteiger partial charge on any atom is 0.241 e. The quantitative estimate of drug-likeness (QED) is 0.841. The number of quaternary nitrogens is 1. The summed E-state index contributed by atoms with van der Waals surface area (Å²) in [6.45, 7) is 0. The first-order chi connectivity index (χ1) is 9.00. The van der Waals surface area contributed by atoms with E-state index in [1.165, 1.54) is 11.3 Å². The Balaban J connectivity index is 2.15. The summed E-state index contributed by atoms with van der Waals surface area (Å²) in [5.74, 6) is 0. The highest BCUT2D eigenvalue weighted by molar-refractivity contribution is 7.89. The lowest BCUT2D eigenvalue weighted by atomic mass is 9.90. The van der Waals surface area contributed by atoms with Gasteiger partial charge in [-0.25, -0.2) is 13.1 Å². The second-order valence-electron chi connectivity index (χ2n) is 5.51. The molecule has 0 aromatic heterocycles. The first kappa shape index (κ1) is 14.5. The Morgan fingerprint density at radius 1 is 1.11 bits per heavy atom. The molecule has 0 unspecified atom stereocenters. The largest absolute Gasteiger partial charge is 0.336 e. The van der Waals surface area contributed by atoms with Crippen molar-refractivity contribution in [1.29, 1.82) is 0 Å². The highest BCUT2D eigenvalue weighted by atomic mass is 32.2. The minimum Gasteiger partial charge on any atom is -0.336 e. The van der Waals surface area contributed by atoms with Crippen molar-refractivity contribution in [3.8, 4) is 0 Å². The zero-order valence-corrected chi connectivity index (χ0v) is 12.4. The molecule has 0 amide bonds. The first-order valence-electron chi connectivity index (χ1n) is 6.88. The maximum absolute atomic E-state index is 12.3. The highest BCUT2D eigenvalue weighted by Gasteiger charge is 2.33. The fourth-order valence-electron chi connectivity index (χ4n) is 2.83. The summed E-state index contributed by atoms with van der Waals surface area (Å²) in [6, 6.07) is 9.03. The van der Waals surface area contributed by atoms with Gasteiger partial charge in [0.15, 0.2) is 0 Å². The smallest absolute Gasteiger partial charge is 0.241 e. The minimum atomic E-state index is -3.39. The van der Waals surface area contributed by atoms with Crippen molar-refractivity contribution in [2.24, 2.45) is 0 Å². The van der Waals surface area contributed by atoms with Crippen molar-refractivity contribution in [3.05, 3.63) is 30.3 Å². The fraction of sp³-hybridized carbons (Fsp3) is 0.571. The summed E-state index contributed by atoms with van der Waals surface area (Å²) in [7, 11) is 0.804. The molecule has 0 saturated heterocycles. The molecule has 2 N–H and O–H groups in total. The number of hydrogen-bond acceptors (Lipinski definition) is 2. The summed E-state index contributed by atoms with van der Waals surface area (Å²) in [6.07, 6.45) is 4.32. The standard InChI is InChI=1S/C14H22N2O2S/c1-16(2)14-11-7-6-10-13(14)15-19(17,18)12-8-4-3-5-9-12/h3-5,8-9,13-15H,6-7,10-11H2,1-2H3/p+1/t13-,14+/m0/s1. The van der Waals surface area contributed by atoms with Gasteiger partial charge in [0.05, 0.1) is 25.0 Å². The second kappa shape index (κ2) is 6.03. The zero-order chi connectivity index (χ0) is 13.9. The van der Waals surface area contributed by atoms with Crippen LogP contribution >= 0.6 is 0 Å². The average Bonchev–Trinajstić information content (AvgIpc) is 2.39. The monoisotopic (exact) mass is 283 g/mol. The lowest BCUT2D eigenvalue weighted by Gasteiger charge is -2.33. The molecule has 19 heavy (non-hydrogen) atoms. The summed E-state index contributed by atoms with van der Waals surface area (Å²) in [5.41, 5.74) is 0. The van der Waals surface area contributed by atoms with Crippen molar-refractivity contribution in [2.45, 2.75) is 42.7 Å². The van der Waals surface area contributed by atoms with Gasteiger partial charge in [0.1, 0.15) is 6.04 Å². The van der Waals surface area contributed by atoms with E-state index >= 15 is 0 Å². The van der Waals surface area contributed by atoms with Gasteiger partial charge in [-0.3, -0.25) is 0 Å². The van der Waals surface area contributed by atoms with Gasteiger partial charge < -0.3 is 4.90 Å². The zero-order valence-electron chi connectivity index (χ0n) is 11.6. The van der Waals surface area contributed by atoms with Crippen molar-refractivity contribution < 1.29 is 13.3 Å². The minimum absolute atomic E-state index is 0.0453. The van der Waals surface area contributed by atoms with Crippen LogP contribution in [0.25, 0.3) is 0 Å². The maximum atomic E-state index is 12.3. The molecular weight excluding hydrogens is 260 g/mol. The Morgan fingerprint density at radius 3 is 2.37 bits per heavy atom. The lowest BCUT2D eigenvalue weighted by Crippen LogP contribution is -3.12. The second-order valence-corrected chi connectivity index (χ2v) is 7.22. The molecule has 0 radical (unpaired) electrons. The summed E-state index contributed by atoms with van der Waals surface area (Å²) in [5, 5.41) is 0. The van der Waals surface area contributed by atoms with Gasteiger partial charge in [-0.15, -0.1) is 0 Å². The van der Waals surface area contributed by atoms with E-state index in [0.29, 0.717) is 10.9 Å². The van der Waals surface area contributed by atoms with Crippen molar-refractivity contribution >= 4 is 10.0 Å². The van der Waals surface area contributed by atoms with Crippen molar-refractivity contribution in [3.63, 3.8) is 0 Å². The van der Waals surface area contributed by atoms with Crippen LogP contribution in [0.4, 0.5) is 0 Å². The van der Waals surface area contributed by atoms with E-state index in [1.54, 1.807) is 24.3 Å². The van der Waals surface area contributed by atoms with Crippen LogP contribution in [0.5, 0.6) is 0 Å². The van der Waals surface area contributed by atoms with Gasteiger partial charge >= 0.3 is 0 Å². The van der Waals surface area contributed by atoms with Crippen molar-refractivity contribution in [2.75, 3.05) is 14.1 Å². The van der Waals surface area contributed by atoms with Crippen LogP contribution < -0.4 is 9.62 Å². The van der Waals surface area contributed by atoms with Crippen LogP contribution in [-0.4, -0.2) is 34.6 Å². The molecule has 1 saturated carbocycles. The highest BCUT2D eigenvalue weighted by Crippen LogP contribution is 2.19. The summed E-state index contributed by atoms with van der Waals surface area (Å²) < 4.78 is 27.6. The van der Waals surface area contributed by atoms with E-state index in [1.807, 2.05) is 6.07 Å². The van der Waals surface area contributed by atoms with Crippen LogP contribution in [0.15, 0.2) is 35.2 Å². The number of sulfonamides is 1. The van der Waals surface area contributed by atoms with Gasteiger partial charge in [0.2, 0.25) is 10.0 Å². The van der Waals surface area contributed by atoms with E-state index < -0.39 is 10.0 Å². The third-order valence-electron chi connectivity index (χ3n) is 3.87. The van der Waals surface area contributed by atoms with E-state index in [9.17, 15) is 8.42 Å². The van der Waals surface area contributed by atoms with E-state index in [-0.39, 0.29) is 6.04 Å². The predicted molar refractivity (Wildman–Crippen MR) is 75.6 cm³/mol. The SMILES string of the molecule is C[NH+](C)[C@@H]1CCCC[C@@H]1NS(=O)(=O)c1ccccc1. The molecule has 0 spiro atoms. The average molecular weight is 283 g/mol. The molecule has 1 aromatic rings. The van der Waals surface area contributed by atoms with Gasteiger partial charge in [0.25, 0.3) is 0 Å². The number of benzene rings is 1. The molecular formula is C14H23N2O2S+. The topological polar surface area (TPSA) is 50.6 Å². The third kappa shape index (κ3) is 3.55. The Bertz CT molecular complexity index is 499. The number of likely N-dealkylation sites (N-methyl/N-ethyl adjacent to an activating group) is 1. The lowest BCUT2D eigenvalue weighted by molar-refractivity contribution is -0.888. The molecule has 2 rings (SSSR count). The number of hydrogen-bond donors (Lipinski definition) is 2. The Kier molecular flexibility index (Phi) is 4.60. The number of nitrogens with one attached hydrogen (secondary N) is 2. The van der Waals surface area contributed by atoms with Crippen molar-refractivity contribution in [1.82, 2.24) is 4.72 Å². The van der Waals surface area contributed by atoms with Gasteiger partial charge in [-0.1, -0.05) is 24.6 Å². The normalized spacial score (nSPS) is 24.6. The third-order valence-corrected chi connectivity index (χ3v) is 5.37. The molecule has 5 heteroatoms. The van der Waals surface area contributed by atoms with E-state index in [2.05, 4.69) is 18.8 Å². The predicted octanol–water partition coefficient (Wildman–Crippen LogP) is 0.421. The molecule has 1 aromatic carbocycles. The fourth-order valence-corrected chi connectivity index (χ4v) is 4.16. The van der Waals surface area contributed by atoms with Crippen LogP contribution in [0.2, 0.25) is 0 Å². The first-order valence-corrected chi connectivity index (χ1v) is 8.36. The van der Waals surface area contributed by atoms with Crippen LogP contribution in [0.1, 0.15) is 25.7 Å². The summed E-state index contributed by atoms with van der Waals surface area (Å²) >= 11 is 0. The molecule has 1 aliphatic rings. The van der Waals surface area contributed by atoms with E-state index in [0.717, 1.165) is 19.3 Å². The van der Waals surface area contributed by atoms with Gasteiger partial charge in [-0.05, 0) is 25.0 Å². The summed E-state index contributed by atoms with van der Waals surface area (Å²) in [4.78, 5) is 1.67. The molecule has 2 atom stereocenters. The molecule has 106 valence electrons. The van der Waals surface area contributed by atoms with E-state index in [4.69, 9.17) is 0 Å². The van der Waals surface area contributed by atoms with Crippen LogP contribution in [0, 0.1) is 0 Å². The molecule has 1 aliphatic carbocycles. The number of rotatable bonds is 4. The molecule has 1 fully saturated rings. The Hall–Kier alpha value is -0.910. The van der Waals surface area contributed by atoms with Gasteiger partial charge in [0, 0.05) is 6.42 Å².